The first-order valence-electron chi connectivity index (χ1n) is 18.1. The van der Waals surface area contributed by atoms with Crippen molar-refractivity contribution in [2.75, 3.05) is 14.2 Å². The SMILES string of the molecule is CC(C)(C)c1cc2c(O)c(c1)Cc1cc(C(C)(C)C)cc(c1O[13CH3])Cc1cc(C(C)(C)C)cc(c1O)Cc1cc(C(C)(C)C)cc(c1O[13CH3])C2. The van der Waals surface area contributed by atoms with Crippen molar-refractivity contribution in [3.05, 3.63) is 115 Å². The molecule has 0 saturated heterocycles. The second-order valence-electron chi connectivity index (χ2n) is 18.6. The largest absolute Gasteiger partial charge is 0.507 e. The summed E-state index contributed by atoms with van der Waals surface area (Å²) in [5, 5.41) is 24.3. The topological polar surface area (TPSA) is 58.9 Å². The molecular weight excluding hydrogens is 618 g/mol. The molecule has 0 saturated carbocycles. The molecule has 0 unspecified atom stereocenters. The van der Waals surface area contributed by atoms with Crippen LogP contribution in [0.5, 0.6) is 23.0 Å². The van der Waals surface area contributed by atoms with E-state index in [-0.39, 0.29) is 21.7 Å². The number of phenolic OH excluding ortho intramolecular Hbond substituents is 2. The number of aromatic hydroxyl groups is 2. The van der Waals surface area contributed by atoms with E-state index < -0.39 is 0 Å². The number of methoxy groups -OCH3 is 2. The predicted octanol–water partition coefficient (Wildman–Crippen LogP) is 11.0. The minimum Gasteiger partial charge on any atom is -0.507 e. The Balaban J connectivity index is 1.93. The van der Waals surface area contributed by atoms with Gasteiger partial charge in [-0.25, -0.2) is 0 Å². The lowest BCUT2D eigenvalue weighted by molar-refractivity contribution is 0.403. The molecule has 4 aromatic rings. The van der Waals surface area contributed by atoms with Crippen molar-refractivity contribution in [1.82, 2.24) is 0 Å². The van der Waals surface area contributed by atoms with Crippen molar-refractivity contribution in [3.8, 4) is 23.0 Å². The maximum Gasteiger partial charge on any atom is 0.125 e. The van der Waals surface area contributed by atoms with E-state index >= 15 is 0 Å². The van der Waals surface area contributed by atoms with E-state index in [1.807, 2.05) is 0 Å². The normalized spacial score (nSPS) is 14.0. The van der Waals surface area contributed by atoms with Crippen LogP contribution in [0.2, 0.25) is 0 Å². The Bertz CT molecular complexity index is 1680. The van der Waals surface area contributed by atoms with Gasteiger partial charge in [-0.2, -0.15) is 0 Å². The third-order valence-corrected chi connectivity index (χ3v) is 10.4. The number of rotatable bonds is 2. The molecule has 4 heteroatoms. The smallest absolute Gasteiger partial charge is 0.125 e. The number of hydrogen-bond acceptors (Lipinski definition) is 4. The third-order valence-electron chi connectivity index (χ3n) is 10.4. The zero-order valence-electron chi connectivity index (χ0n) is 33.2. The van der Waals surface area contributed by atoms with Crippen LogP contribution in [-0.4, -0.2) is 24.4 Å². The first-order valence-corrected chi connectivity index (χ1v) is 18.1. The molecule has 0 atom stereocenters. The summed E-state index contributed by atoms with van der Waals surface area (Å²) >= 11 is 0. The van der Waals surface area contributed by atoms with Gasteiger partial charge in [0.1, 0.15) is 23.0 Å². The summed E-state index contributed by atoms with van der Waals surface area (Å²) in [4.78, 5) is 0. The highest BCUT2D eigenvalue weighted by atomic mass is 16.5. The van der Waals surface area contributed by atoms with E-state index in [2.05, 4.69) is 132 Å². The zero-order chi connectivity index (χ0) is 37.1. The fourth-order valence-electron chi connectivity index (χ4n) is 7.17. The lowest BCUT2D eigenvalue weighted by Crippen LogP contribution is -2.16. The second kappa shape index (κ2) is 13.0. The Labute approximate surface area is 301 Å². The minimum absolute atomic E-state index is 0.123. The zero-order valence-corrected chi connectivity index (χ0v) is 33.2. The Morgan fingerprint density at radius 1 is 0.360 bits per heavy atom. The van der Waals surface area contributed by atoms with Gasteiger partial charge in [0.2, 0.25) is 0 Å². The standard InChI is InChI=1S/C46H60O4/c1-43(2,3)35-19-27-15-31-23-37(45(7,8)9)25-33(41(31)49-13)17-29-21-36(44(4,5)6)22-30(40(29)48)18-34-26-38(46(10,11)12)24-32(42(34)50-14)16-28(20-35)39(27)47/h19-26,47-48H,15-18H2,1-14H3/i13+1,14+1. The van der Waals surface area contributed by atoms with Gasteiger partial charge in [-0.1, -0.05) is 132 Å². The average molecular weight is 679 g/mol. The minimum atomic E-state index is -0.131. The molecule has 268 valence electrons. The Hall–Kier alpha value is -3.92. The molecule has 0 amide bonds. The first kappa shape index (κ1) is 37.3. The van der Waals surface area contributed by atoms with Gasteiger partial charge in [-0.15, -0.1) is 0 Å². The van der Waals surface area contributed by atoms with Crippen LogP contribution in [0.4, 0.5) is 0 Å². The molecule has 0 aliphatic heterocycles. The molecule has 0 aromatic heterocycles. The Kier molecular flexibility index (Phi) is 9.71. The number of hydrogen-bond donors (Lipinski definition) is 2. The molecule has 5 rings (SSSR count). The van der Waals surface area contributed by atoms with Crippen LogP contribution in [0, 0.1) is 0 Å². The quantitative estimate of drug-likeness (QED) is 0.182. The number of fused-ring (bicyclic) bond motifs is 8. The summed E-state index contributed by atoms with van der Waals surface area (Å²) in [6, 6.07) is 17.7. The van der Waals surface area contributed by atoms with Crippen LogP contribution in [0.25, 0.3) is 0 Å². The van der Waals surface area contributed by atoms with Gasteiger partial charge >= 0.3 is 0 Å². The highest BCUT2D eigenvalue weighted by molar-refractivity contribution is 5.59. The van der Waals surface area contributed by atoms with Crippen molar-refractivity contribution in [1.29, 1.82) is 0 Å². The fraction of sp³-hybridized carbons (Fsp3) is 0.478. The van der Waals surface area contributed by atoms with Crippen molar-refractivity contribution >= 4 is 0 Å². The van der Waals surface area contributed by atoms with Crippen molar-refractivity contribution in [2.45, 2.75) is 130 Å². The summed E-state index contributed by atoms with van der Waals surface area (Å²) in [6.07, 6.45) is 2.03. The Morgan fingerprint density at radius 3 is 0.700 bits per heavy atom. The number of phenols is 2. The van der Waals surface area contributed by atoms with Gasteiger partial charge < -0.3 is 19.7 Å². The van der Waals surface area contributed by atoms with Crippen LogP contribution in [-0.2, 0) is 47.3 Å². The third kappa shape index (κ3) is 7.55. The fourth-order valence-corrected chi connectivity index (χ4v) is 7.17. The van der Waals surface area contributed by atoms with E-state index in [0.717, 1.165) is 56.0 Å². The van der Waals surface area contributed by atoms with Gasteiger partial charge in [0.05, 0.1) is 14.2 Å². The molecule has 2 N–H and O–H groups in total. The molecule has 0 spiro atoms. The van der Waals surface area contributed by atoms with Gasteiger partial charge in [0.15, 0.2) is 0 Å². The molecule has 4 aromatic carbocycles. The maximum atomic E-state index is 12.1. The molecule has 8 bridgehead atoms. The van der Waals surface area contributed by atoms with E-state index in [9.17, 15) is 10.2 Å². The number of ether oxygens (including phenoxy) is 2. The molecular formula is C46H60O4. The second-order valence-corrected chi connectivity index (χ2v) is 18.6. The highest BCUT2D eigenvalue weighted by Crippen LogP contribution is 2.43. The summed E-state index contributed by atoms with van der Waals surface area (Å²) in [5.41, 5.74) is 11.8. The first-order chi connectivity index (χ1) is 23.0. The van der Waals surface area contributed by atoms with Crippen molar-refractivity contribution < 1.29 is 19.7 Å². The van der Waals surface area contributed by atoms with E-state index in [4.69, 9.17) is 9.47 Å². The van der Waals surface area contributed by atoms with E-state index in [1.54, 1.807) is 14.2 Å². The summed E-state index contributed by atoms with van der Waals surface area (Å²) in [6.45, 7) is 26.7. The van der Waals surface area contributed by atoms with Crippen LogP contribution in [0.3, 0.4) is 0 Å². The predicted molar refractivity (Wildman–Crippen MR) is 208 cm³/mol. The van der Waals surface area contributed by atoms with E-state index in [1.165, 1.54) is 22.3 Å². The van der Waals surface area contributed by atoms with Gasteiger partial charge in [-0.3, -0.25) is 0 Å². The van der Waals surface area contributed by atoms with E-state index in [0.29, 0.717) is 37.2 Å². The maximum absolute atomic E-state index is 12.1. The highest BCUT2D eigenvalue weighted by Gasteiger charge is 2.28. The van der Waals surface area contributed by atoms with Crippen molar-refractivity contribution in [2.24, 2.45) is 0 Å². The molecule has 1 aliphatic rings. The van der Waals surface area contributed by atoms with Crippen LogP contribution >= 0.6 is 0 Å². The molecule has 1 aliphatic carbocycles. The summed E-state index contributed by atoms with van der Waals surface area (Å²) in [7, 11) is 3.47. The van der Waals surface area contributed by atoms with Crippen molar-refractivity contribution in [3.63, 3.8) is 0 Å². The van der Waals surface area contributed by atoms with Crippen LogP contribution < -0.4 is 9.47 Å². The monoisotopic (exact) mass is 678 g/mol. The molecule has 0 radical (unpaired) electrons. The average Bonchev–Trinajstić information content (AvgIpc) is 2.98. The summed E-state index contributed by atoms with van der Waals surface area (Å²) in [5.74, 6) is 2.24. The van der Waals surface area contributed by atoms with Gasteiger partial charge in [0, 0.05) is 25.7 Å². The van der Waals surface area contributed by atoms with Crippen LogP contribution in [0.1, 0.15) is 150 Å². The van der Waals surface area contributed by atoms with Gasteiger partial charge in [0.25, 0.3) is 0 Å². The van der Waals surface area contributed by atoms with Gasteiger partial charge in [-0.05, 0) is 88.4 Å². The Morgan fingerprint density at radius 2 is 0.540 bits per heavy atom. The summed E-state index contributed by atoms with van der Waals surface area (Å²) < 4.78 is 12.5. The molecule has 0 fully saturated rings. The van der Waals surface area contributed by atoms with Crippen LogP contribution in [0.15, 0.2) is 48.5 Å². The molecule has 0 heterocycles. The number of benzene rings is 4. The lowest BCUT2D eigenvalue weighted by Gasteiger charge is -2.27. The lowest BCUT2D eigenvalue weighted by atomic mass is 9.79. The molecule has 4 nitrogen and oxygen atoms in total. The molecule has 50 heavy (non-hydrogen) atoms.